The van der Waals surface area contributed by atoms with Gasteiger partial charge in [0, 0.05) is 48.6 Å². The number of ketones is 1. The van der Waals surface area contributed by atoms with Crippen LogP contribution >= 0.6 is 11.3 Å². The van der Waals surface area contributed by atoms with E-state index in [2.05, 4.69) is 26.6 Å². The highest BCUT2D eigenvalue weighted by Crippen LogP contribution is 2.22. The van der Waals surface area contributed by atoms with Crippen LogP contribution in [0.5, 0.6) is 0 Å². The van der Waals surface area contributed by atoms with Gasteiger partial charge in [-0.15, -0.1) is 11.3 Å². The second-order valence-corrected chi connectivity index (χ2v) is 16.4. The molecule has 62 heavy (non-hydrogen) atoms. The monoisotopic (exact) mass is 855 g/mol. The van der Waals surface area contributed by atoms with Crippen LogP contribution in [0, 0.1) is 5.92 Å². The van der Waals surface area contributed by atoms with Gasteiger partial charge in [0.2, 0.25) is 29.5 Å². The minimum atomic E-state index is -1.25. The van der Waals surface area contributed by atoms with Crippen molar-refractivity contribution in [2.24, 2.45) is 5.92 Å². The predicted molar refractivity (Wildman–Crippen MR) is 236 cm³/mol. The van der Waals surface area contributed by atoms with Gasteiger partial charge in [-0.1, -0.05) is 103 Å². The third-order valence-corrected chi connectivity index (χ3v) is 11.5. The van der Waals surface area contributed by atoms with Crippen LogP contribution in [0.15, 0.2) is 127 Å². The van der Waals surface area contributed by atoms with Gasteiger partial charge in [-0.3, -0.25) is 33.6 Å². The van der Waals surface area contributed by atoms with Crippen LogP contribution in [0.2, 0.25) is 0 Å². The SMILES string of the molecule is C[C@H](NC(=O)[C@H]1CC(=O)[C@@H](Cc2ccccc2)NC(=O)[C@H](Cc2ccc(-c3ccccc3)cc2)NC(=O)[C@@H](Cc2cccs2)NC(=O)CCC(=O)Nc2ccc(cc2)C1)C(=O)O. The molecule has 0 saturated heterocycles. The van der Waals surface area contributed by atoms with Gasteiger partial charge in [0.1, 0.15) is 18.1 Å². The van der Waals surface area contributed by atoms with Gasteiger partial charge in [-0.05, 0) is 71.2 Å². The molecular weight excluding hydrogens is 807 g/mol. The lowest BCUT2D eigenvalue weighted by Crippen LogP contribution is -2.57. The Labute approximate surface area is 363 Å². The molecule has 2 aliphatic rings. The van der Waals surface area contributed by atoms with Crippen molar-refractivity contribution < 1.29 is 38.7 Å². The maximum atomic E-state index is 14.6. The van der Waals surface area contributed by atoms with Crippen LogP contribution in [-0.2, 0) is 59.2 Å². The zero-order valence-corrected chi connectivity index (χ0v) is 35.0. The summed E-state index contributed by atoms with van der Waals surface area (Å²) in [7, 11) is 0. The summed E-state index contributed by atoms with van der Waals surface area (Å²) in [4.78, 5) is 95.8. The largest absolute Gasteiger partial charge is 0.480 e. The number of nitrogens with one attached hydrogen (secondary N) is 5. The number of thiophene rings is 1. The van der Waals surface area contributed by atoms with Gasteiger partial charge in [-0.2, -0.15) is 0 Å². The fourth-order valence-electron chi connectivity index (χ4n) is 7.15. The van der Waals surface area contributed by atoms with Crippen LogP contribution in [-0.4, -0.2) is 70.6 Å². The molecule has 0 fully saturated rings. The Morgan fingerprint density at radius 2 is 1.23 bits per heavy atom. The van der Waals surface area contributed by atoms with Crippen molar-refractivity contribution in [3.8, 4) is 11.1 Å². The maximum absolute atomic E-state index is 14.6. The molecule has 2 aliphatic heterocycles. The van der Waals surface area contributed by atoms with Crippen molar-refractivity contribution in [2.75, 3.05) is 5.32 Å². The summed E-state index contributed by atoms with van der Waals surface area (Å²) in [6, 6.07) is 31.9. The minimum Gasteiger partial charge on any atom is -0.480 e. The number of anilines is 1. The van der Waals surface area contributed by atoms with E-state index in [4.69, 9.17) is 0 Å². The normalized spacial score (nSPS) is 19.8. The lowest BCUT2D eigenvalue weighted by Gasteiger charge is -2.26. The molecule has 0 spiro atoms. The summed E-state index contributed by atoms with van der Waals surface area (Å²) in [6.07, 6.45) is -0.526. The number of rotatable bonds is 10. The first-order valence-electron chi connectivity index (χ1n) is 20.5. The van der Waals surface area contributed by atoms with E-state index >= 15 is 0 Å². The fraction of sp³-hybridized carbons (Fsp3) is 0.271. The van der Waals surface area contributed by atoms with Crippen molar-refractivity contribution >= 4 is 58.3 Å². The smallest absolute Gasteiger partial charge is 0.325 e. The molecule has 7 rings (SSSR count). The predicted octanol–water partition coefficient (Wildman–Crippen LogP) is 5.04. The standard InChI is InChI=1S/C48H49N5O8S/c1-30(48(60)61)49-45(57)36-25-32-16-20-37(21-17-32)50-43(55)22-23-44(56)51-41(29-38-13-8-24-62-38)47(59)53-40(27-33-14-18-35(19-15-33)34-11-6-3-7-12-34)46(58)52-39(42(54)28-36)26-31-9-4-2-5-10-31/h2-21,24,30,36,39-41H,22-23,25-29H2,1H3,(H,49,57)(H,50,55)(H,51,56)(H,52,58)(H,53,59)(H,60,61)/t30-,36+,39+,40-,41+/m0/s1. The summed E-state index contributed by atoms with van der Waals surface area (Å²) in [5.41, 5.74) is 4.44. The molecular formula is C48H49N5O8S. The molecule has 320 valence electrons. The van der Waals surface area contributed by atoms with Crippen LogP contribution in [0.25, 0.3) is 11.1 Å². The summed E-state index contributed by atoms with van der Waals surface area (Å²) >= 11 is 1.40. The molecule has 0 aliphatic carbocycles. The molecule has 13 nitrogen and oxygen atoms in total. The van der Waals surface area contributed by atoms with Crippen molar-refractivity contribution in [1.82, 2.24) is 21.3 Å². The third kappa shape index (κ3) is 13.0. The quantitative estimate of drug-likeness (QED) is 0.105. The highest BCUT2D eigenvalue weighted by Gasteiger charge is 2.33. The average Bonchev–Trinajstić information content (AvgIpc) is 3.79. The van der Waals surface area contributed by atoms with Crippen LogP contribution in [0.4, 0.5) is 5.69 Å². The molecule has 6 N–H and O–H groups in total. The number of benzene rings is 4. The number of aliphatic carboxylic acids is 1. The average molecular weight is 856 g/mol. The van der Waals surface area contributed by atoms with E-state index in [0.29, 0.717) is 16.8 Å². The number of carbonyl (C=O) groups is 7. The Morgan fingerprint density at radius 3 is 1.87 bits per heavy atom. The number of Topliss-reactive ketones (excluding diaryl/α,β-unsaturated/α-hetero) is 1. The first-order valence-corrected chi connectivity index (χ1v) is 21.3. The van der Waals surface area contributed by atoms with Crippen molar-refractivity contribution in [3.05, 3.63) is 148 Å². The van der Waals surface area contributed by atoms with Crippen molar-refractivity contribution in [2.45, 2.75) is 76.0 Å². The first kappa shape index (κ1) is 44.6. The molecule has 3 heterocycles. The maximum Gasteiger partial charge on any atom is 0.325 e. The molecule has 2 bridgehead atoms. The summed E-state index contributed by atoms with van der Waals surface area (Å²) in [6.45, 7) is 1.32. The molecule has 4 aromatic carbocycles. The third-order valence-electron chi connectivity index (χ3n) is 10.6. The summed E-state index contributed by atoms with van der Waals surface area (Å²) in [5.74, 6) is -5.72. The van der Waals surface area contributed by atoms with Crippen LogP contribution in [0.1, 0.15) is 47.8 Å². The van der Waals surface area contributed by atoms with Gasteiger partial charge < -0.3 is 31.7 Å². The molecule has 5 atom stereocenters. The van der Waals surface area contributed by atoms with E-state index < -0.39 is 71.4 Å². The number of fused-ring (bicyclic) bond motifs is 18. The first-order chi connectivity index (χ1) is 29.9. The van der Waals surface area contributed by atoms with E-state index in [0.717, 1.165) is 21.6 Å². The number of hydrogen-bond donors (Lipinski definition) is 6. The Kier molecular flexibility index (Phi) is 15.5. The lowest BCUT2D eigenvalue weighted by molar-refractivity contribution is -0.142. The van der Waals surface area contributed by atoms with Crippen LogP contribution in [0.3, 0.4) is 0 Å². The highest BCUT2D eigenvalue weighted by molar-refractivity contribution is 7.09. The summed E-state index contributed by atoms with van der Waals surface area (Å²) < 4.78 is 0. The molecule has 0 saturated carbocycles. The van der Waals surface area contributed by atoms with Gasteiger partial charge in [0.25, 0.3) is 0 Å². The van der Waals surface area contributed by atoms with Crippen molar-refractivity contribution in [3.63, 3.8) is 0 Å². The number of carboxylic acids is 1. The molecule has 1 aromatic heterocycles. The van der Waals surface area contributed by atoms with Gasteiger partial charge in [0.15, 0.2) is 5.78 Å². The molecule has 5 aromatic rings. The van der Waals surface area contributed by atoms with E-state index in [1.165, 1.54) is 18.3 Å². The van der Waals surface area contributed by atoms with Crippen molar-refractivity contribution in [1.29, 1.82) is 0 Å². The topological polar surface area (TPSA) is 200 Å². The molecule has 0 unspecified atom stereocenters. The van der Waals surface area contributed by atoms with E-state index in [-0.39, 0.29) is 44.9 Å². The minimum absolute atomic E-state index is 0.0205. The number of hydrogen-bond acceptors (Lipinski definition) is 8. The zero-order chi connectivity index (χ0) is 44.0. The molecule has 5 amide bonds. The second-order valence-electron chi connectivity index (χ2n) is 15.4. The van der Waals surface area contributed by atoms with Gasteiger partial charge in [0.05, 0.1) is 6.04 Å². The van der Waals surface area contributed by atoms with Crippen LogP contribution < -0.4 is 26.6 Å². The highest BCUT2D eigenvalue weighted by atomic mass is 32.1. The number of amides is 5. The zero-order valence-electron chi connectivity index (χ0n) is 34.2. The summed E-state index contributed by atoms with van der Waals surface area (Å²) in [5, 5.41) is 25.2. The number of carbonyl (C=O) groups excluding carboxylic acids is 6. The Hall–Kier alpha value is -6.93. The molecule has 0 radical (unpaired) electrons. The fourth-order valence-corrected chi connectivity index (χ4v) is 7.90. The van der Waals surface area contributed by atoms with Gasteiger partial charge in [-0.25, -0.2) is 0 Å². The van der Waals surface area contributed by atoms with E-state index in [9.17, 15) is 38.7 Å². The molecule has 14 heteroatoms. The Balaban J connectivity index is 1.36. The lowest BCUT2D eigenvalue weighted by atomic mass is 9.89. The Morgan fingerprint density at radius 1 is 0.645 bits per heavy atom. The van der Waals surface area contributed by atoms with E-state index in [1.54, 1.807) is 36.4 Å². The van der Waals surface area contributed by atoms with E-state index in [1.807, 2.05) is 90.3 Å². The number of carboxylic acid groups (broad SMARTS) is 1. The van der Waals surface area contributed by atoms with Gasteiger partial charge >= 0.3 is 5.97 Å². The second kappa shape index (κ2) is 21.5. The Bertz CT molecular complexity index is 2340.